The number of nitrogens with one attached hydrogen (secondary N) is 2. The summed E-state index contributed by atoms with van der Waals surface area (Å²) in [4.78, 5) is 28.5. The van der Waals surface area contributed by atoms with Crippen molar-refractivity contribution in [1.29, 1.82) is 0 Å². The first-order valence-corrected chi connectivity index (χ1v) is 15.7. The fourth-order valence-electron chi connectivity index (χ4n) is 5.80. The summed E-state index contributed by atoms with van der Waals surface area (Å²) in [6, 6.07) is 7.28. The Balaban J connectivity index is 1.72. The van der Waals surface area contributed by atoms with E-state index in [9.17, 15) is 24.9 Å². The number of phenols is 1. The van der Waals surface area contributed by atoms with Gasteiger partial charge in [-0.3, -0.25) is 9.59 Å². The molecule has 1 aromatic heterocycles. The molecule has 242 valence electrons. The maximum Gasteiger partial charge on any atom is 0.170 e. The van der Waals surface area contributed by atoms with Crippen LogP contribution in [0.5, 0.6) is 11.5 Å². The molecule has 0 spiro atoms. The van der Waals surface area contributed by atoms with E-state index in [1.807, 2.05) is 24.4 Å². The van der Waals surface area contributed by atoms with Crippen molar-refractivity contribution in [1.82, 2.24) is 10.3 Å². The number of ketones is 2. The van der Waals surface area contributed by atoms with Gasteiger partial charge in [0.05, 0.1) is 12.9 Å². The number of aromatic hydroxyl groups is 1. The van der Waals surface area contributed by atoms with Crippen LogP contribution in [-0.4, -0.2) is 69.9 Å². The quantitative estimate of drug-likeness (QED) is 0.0821. The van der Waals surface area contributed by atoms with E-state index in [0.717, 1.165) is 49.8 Å². The summed E-state index contributed by atoms with van der Waals surface area (Å²) in [5.74, 6) is -1.13. The highest BCUT2D eigenvalue weighted by atomic mass is 16.5. The fraction of sp³-hybridized carbons (Fsp3) is 0.529. The van der Waals surface area contributed by atoms with Gasteiger partial charge in [-0.15, -0.1) is 0 Å². The third-order valence-electron chi connectivity index (χ3n) is 8.25. The number of aromatic nitrogens is 1. The average Bonchev–Trinajstić information content (AvgIpc) is 3.54. The van der Waals surface area contributed by atoms with Crippen molar-refractivity contribution in [3.8, 4) is 11.5 Å². The second-order valence-electron chi connectivity index (χ2n) is 11.5. The number of aliphatic hydroxyl groups is 3. The van der Waals surface area contributed by atoms with Crippen molar-refractivity contribution in [3.63, 3.8) is 0 Å². The van der Waals surface area contributed by atoms with E-state index >= 15 is 0 Å². The molecule has 0 bridgehead atoms. The SMILES string of the molecule is COc1cc(CCC(=O)[C@H](O)C(=O)CCCCCCCCCO)cc([C@@H](C2=CCNC(N)=C2)[C@H](CO)Cc2ccc[nH]2)c1O. The Morgan fingerprint density at radius 3 is 2.36 bits per heavy atom. The number of allylic oxidation sites excluding steroid dienone is 2. The smallest absolute Gasteiger partial charge is 0.170 e. The van der Waals surface area contributed by atoms with Crippen LogP contribution in [0.3, 0.4) is 0 Å². The number of unbranched alkanes of at least 4 members (excludes halogenated alkanes) is 6. The van der Waals surface area contributed by atoms with Gasteiger partial charge in [-0.05, 0) is 67.0 Å². The Hall–Kier alpha value is -3.60. The minimum absolute atomic E-state index is 0.0544. The van der Waals surface area contributed by atoms with Crippen LogP contribution in [0.2, 0.25) is 0 Å². The average molecular weight is 612 g/mol. The Morgan fingerprint density at radius 2 is 1.73 bits per heavy atom. The zero-order valence-electron chi connectivity index (χ0n) is 25.8. The van der Waals surface area contributed by atoms with E-state index in [1.165, 1.54) is 7.11 Å². The van der Waals surface area contributed by atoms with E-state index in [4.69, 9.17) is 15.6 Å². The Bertz CT molecular complexity index is 1260. The third-order valence-corrected chi connectivity index (χ3v) is 8.25. The van der Waals surface area contributed by atoms with Crippen LogP contribution in [-0.2, 0) is 22.4 Å². The summed E-state index contributed by atoms with van der Waals surface area (Å²) in [5, 5.41) is 44.1. The number of hydrogen-bond donors (Lipinski definition) is 7. The van der Waals surface area contributed by atoms with Crippen LogP contribution in [0.1, 0.15) is 80.5 Å². The lowest BCUT2D eigenvalue weighted by molar-refractivity contribution is -0.138. The second-order valence-corrected chi connectivity index (χ2v) is 11.5. The summed E-state index contributed by atoms with van der Waals surface area (Å²) in [6.07, 6.45) is 11.1. The van der Waals surface area contributed by atoms with Crippen LogP contribution in [0.15, 0.2) is 54.0 Å². The van der Waals surface area contributed by atoms with Gasteiger partial charge in [0.15, 0.2) is 29.2 Å². The standard InChI is InChI=1S/C34H49N3O7/c1-44-30-19-23(12-13-29(41)34(43)28(40)11-7-5-3-2-4-6-8-17-38)18-27(33(30)42)32(24-14-16-37-31(35)21-24)25(22-39)20-26-10-9-15-36-26/h9-10,14-15,18-19,21,25,32,34,36-39,42-43H,2-8,11-13,16-17,20,22,35H2,1H3/t25-,32-,34+/m0/s1. The molecule has 44 heavy (non-hydrogen) atoms. The zero-order chi connectivity index (χ0) is 31.9. The Morgan fingerprint density at radius 1 is 1.02 bits per heavy atom. The number of aromatic amines is 1. The molecule has 0 amide bonds. The minimum Gasteiger partial charge on any atom is -0.504 e. The number of Topliss-reactive ketones (excluding diaryl/α,β-unsaturated/α-hetero) is 2. The van der Waals surface area contributed by atoms with Crippen molar-refractivity contribution in [2.24, 2.45) is 11.7 Å². The molecule has 0 saturated heterocycles. The number of hydrogen-bond acceptors (Lipinski definition) is 9. The Kier molecular flexibility index (Phi) is 14.5. The maximum absolute atomic E-state index is 12.8. The summed E-state index contributed by atoms with van der Waals surface area (Å²) in [5.41, 5.74) is 9.10. The summed E-state index contributed by atoms with van der Waals surface area (Å²) >= 11 is 0. The minimum atomic E-state index is -1.65. The molecular formula is C34H49N3O7. The van der Waals surface area contributed by atoms with Gasteiger partial charge in [0.1, 0.15) is 0 Å². The largest absolute Gasteiger partial charge is 0.504 e. The first-order chi connectivity index (χ1) is 21.3. The Labute approximate surface area is 260 Å². The summed E-state index contributed by atoms with van der Waals surface area (Å²) in [7, 11) is 1.45. The van der Waals surface area contributed by atoms with E-state index in [0.29, 0.717) is 36.3 Å². The van der Waals surface area contributed by atoms with E-state index in [-0.39, 0.29) is 49.9 Å². The molecule has 0 unspecified atom stereocenters. The topological polar surface area (TPSA) is 178 Å². The number of H-pyrrole nitrogens is 1. The lowest BCUT2D eigenvalue weighted by atomic mass is 9.76. The zero-order valence-corrected chi connectivity index (χ0v) is 25.8. The summed E-state index contributed by atoms with van der Waals surface area (Å²) in [6.45, 7) is 0.548. The van der Waals surface area contributed by atoms with Gasteiger partial charge >= 0.3 is 0 Å². The van der Waals surface area contributed by atoms with Crippen LogP contribution < -0.4 is 15.8 Å². The first-order valence-electron chi connectivity index (χ1n) is 15.7. The van der Waals surface area contributed by atoms with Crippen molar-refractivity contribution < 1.29 is 34.8 Å². The lowest BCUT2D eigenvalue weighted by Crippen LogP contribution is -2.30. The molecule has 8 N–H and O–H groups in total. The molecule has 2 heterocycles. The number of rotatable bonds is 21. The molecule has 1 aromatic carbocycles. The lowest BCUT2D eigenvalue weighted by Gasteiger charge is -2.30. The molecule has 0 fully saturated rings. The molecular weight excluding hydrogens is 562 g/mol. The number of ether oxygens (including phenoxy) is 1. The molecule has 2 aromatic rings. The molecule has 10 heteroatoms. The van der Waals surface area contributed by atoms with Crippen molar-refractivity contribution in [2.75, 3.05) is 26.9 Å². The number of methoxy groups -OCH3 is 1. The molecule has 0 aliphatic carbocycles. The molecule has 3 atom stereocenters. The van der Waals surface area contributed by atoms with Crippen molar-refractivity contribution in [3.05, 3.63) is 70.8 Å². The van der Waals surface area contributed by atoms with Crippen LogP contribution >= 0.6 is 0 Å². The molecule has 0 saturated carbocycles. The third kappa shape index (κ3) is 10.2. The van der Waals surface area contributed by atoms with Gasteiger partial charge in [-0.25, -0.2) is 0 Å². The molecule has 1 aliphatic heterocycles. The highest BCUT2D eigenvalue weighted by Gasteiger charge is 2.31. The van der Waals surface area contributed by atoms with Gasteiger partial charge in [0.2, 0.25) is 0 Å². The van der Waals surface area contributed by atoms with Crippen LogP contribution in [0, 0.1) is 5.92 Å². The number of aliphatic hydroxyl groups excluding tert-OH is 3. The number of nitrogens with two attached hydrogens (primary N) is 1. The van der Waals surface area contributed by atoms with E-state index in [2.05, 4.69) is 10.3 Å². The highest BCUT2D eigenvalue weighted by Crippen LogP contribution is 2.44. The van der Waals surface area contributed by atoms with Crippen molar-refractivity contribution in [2.45, 2.75) is 82.7 Å². The van der Waals surface area contributed by atoms with E-state index < -0.39 is 23.6 Å². The molecule has 0 radical (unpaired) electrons. The predicted octanol–water partition coefficient (Wildman–Crippen LogP) is 3.54. The van der Waals surface area contributed by atoms with Gasteiger partial charge < -0.3 is 41.2 Å². The van der Waals surface area contributed by atoms with Gasteiger partial charge in [0.25, 0.3) is 0 Å². The normalized spacial score (nSPS) is 15.1. The number of aryl methyl sites for hydroxylation is 1. The molecule has 10 nitrogen and oxygen atoms in total. The van der Waals surface area contributed by atoms with E-state index in [1.54, 1.807) is 18.2 Å². The van der Waals surface area contributed by atoms with Gasteiger partial charge in [-0.2, -0.15) is 0 Å². The van der Waals surface area contributed by atoms with Crippen LogP contribution in [0.25, 0.3) is 0 Å². The molecule has 3 rings (SSSR count). The second kappa shape index (κ2) is 18.3. The number of carbonyl (C=O) groups excluding carboxylic acids is 2. The highest BCUT2D eigenvalue weighted by molar-refractivity contribution is 6.05. The maximum atomic E-state index is 12.8. The van der Waals surface area contributed by atoms with Crippen LogP contribution in [0.4, 0.5) is 0 Å². The number of carbonyl (C=O) groups is 2. The molecule has 1 aliphatic rings. The number of benzene rings is 1. The number of phenolic OH excluding ortho intramolecular Hbond substituents is 1. The van der Waals surface area contributed by atoms with Crippen molar-refractivity contribution >= 4 is 11.6 Å². The first kappa shape index (κ1) is 34.9. The van der Waals surface area contributed by atoms with Gasteiger partial charge in [-0.1, -0.05) is 44.2 Å². The summed E-state index contributed by atoms with van der Waals surface area (Å²) < 4.78 is 5.50. The predicted molar refractivity (Wildman–Crippen MR) is 169 cm³/mol. The number of dihydropyridines is 1. The monoisotopic (exact) mass is 611 g/mol. The fourth-order valence-corrected chi connectivity index (χ4v) is 5.80. The van der Waals surface area contributed by atoms with Gasteiger partial charge in [0, 0.05) is 56.0 Å².